The predicted octanol–water partition coefficient (Wildman–Crippen LogP) is 3.18. The zero-order valence-corrected chi connectivity index (χ0v) is 11.8. The third-order valence-electron chi connectivity index (χ3n) is 3.04. The lowest BCUT2D eigenvalue weighted by molar-refractivity contribution is -0.111. The molecule has 0 atom stereocenters. The van der Waals surface area contributed by atoms with Crippen molar-refractivity contribution in [3.63, 3.8) is 0 Å². The van der Waals surface area contributed by atoms with Crippen molar-refractivity contribution in [3.8, 4) is 0 Å². The first-order chi connectivity index (χ1) is 10.8. The minimum Gasteiger partial charge on any atom is -0.465 e. The van der Waals surface area contributed by atoms with Crippen LogP contribution < -0.4 is 5.32 Å². The van der Waals surface area contributed by atoms with Gasteiger partial charge in [-0.3, -0.25) is 9.48 Å². The van der Waals surface area contributed by atoms with Crippen LogP contribution in [0.3, 0.4) is 0 Å². The van der Waals surface area contributed by atoms with Crippen LogP contribution in [0.25, 0.3) is 6.08 Å². The molecule has 0 aliphatic rings. The van der Waals surface area contributed by atoms with Crippen LogP contribution in [0.15, 0.2) is 71.6 Å². The van der Waals surface area contributed by atoms with Gasteiger partial charge in [-0.2, -0.15) is 5.10 Å². The van der Waals surface area contributed by atoms with Gasteiger partial charge in [-0.05, 0) is 42.0 Å². The van der Waals surface area contributed by atoms with E-state index in [1.54, 1.807) is 30.7 Å². The van der Waals surface area contributed by atoms with Crippen LogP contribution in [0.1, 0.15) is 11.3 Å². The van der Waals surface area contributed by atoms with Gasteiger partial charge >= 0.3 is 0 Å². The smallest absolute Gasteiger partial charge is 0.248 e. The fourth-order valence-corrected chi connectivity index (χ4v) is 2.06. The van der Waals surface area contributed by atoms with Crippen molar-refractivity contribution in [1.82, 2.24) is 9.78 Å². The number of aromatic nitrogens is 2. The van der Waals surface area contributed by atoms with Gasteiger partial charge in [0.25, 0.3) is 0 Å². The molecule has 0 fully saturated rings. The molecule has 0 aliphatic heterocycles. The van der Waals surface area contributed by atoms with Crippen molar-refractivity contribution in [2.45, 2.75) is 6.54 Å². The van der Waals surface area contributed by atoms with E-state index in [1.165, 1.54) is 6.08 Å². The average Bonchev–Trinajstić information content (AvgIpc) is 3.19. The Morgan fingerprint density at radius 3 is 3.00 bits per heavy atom. The molecule has 1 amide bonds. The molecule has 1 N–H and O–H groups in total. The van der Waals surface area contributed by atoms with Gasteiger partial charge in [-0.1, -0.05) is 12.1 Å². The standard InChI is InChI=1S/C17H15N3O2/c21-17(8-7-16-6-2-11-22-16)19-15-5-1-4-14(12-15)13-20-10-3-9-18-20/h1-12H,13H2,(H,19,21)/b8-7+. The highest BCUT2D eigenvalue weighted by molar-refractivity contribution is 6.01. The van der Waals surface area contributed by atoms with E-state index in [0.29, 0.717) is 12.3 Å². The van der Waals surface area contributed by atoms with Gasteiger partial charge in [-0.15, -0.1) is 0 Å². The van der Waals surface area contributed by atoms with Crippen LogP contribution in [-0.2, 0) is 11.3 Å². The van der Waals surface area contributed by atoms with Crippen molar-refractivity contribution in [3.05, 3.63) is 78.5 Å². The number of furan rings is 1. The number of anilines is 1. The van der Waals surface area contributed by atoms with Gasteiger partial charge in [0.15, 0.2) is 0 Å². The molecule has 0 saturated carbocycles. The molecular formula is C17H15N3O2. The van der Waals surface area contributed by atoms with Gasteiger partial charge in [0, 0.05) is 24.2 Å². The number of nitrogens with one attached hydrogen (secondary N) is 1. The maximum absolute atomic E-state index is 11.9. The van der Waals surface area contributed by atoms with Crippen LogP contribution >= 0.6 is 0 Å². The molecule has 3 rings (SSSR count). The highest BCUT2D eigenvalue weighted by Gasteiger charge is 2.01. The topological polar surface area (TPSA) is 60.1 Å². The van der Waals surface area contributed by atoms with Crippen molar-refractivity contribution in [1.29, 1.82) is 0 Å². The second-order valence-electron chi connectivity index (χ2n) is 4.74. The van der Waals surface area contributed by atoms with E-state index in [0.717, 1.165) is 11.3 Å². The summed E-state index contributed by atoms with van der Waals surface area (Å²) in [6.45, 7) is 0.666. The van der Waals surface area contributed by atoms with E-state index < -0.39 is 0 Å². The van der Waals surface area contributed by atoms with Crippen LogP contribution in [0.2, 0.25) is 0 Å². The molecule has 0 unspecified atom stereocenters. The van der Waals surface area contributed by atoms with Gasteiger partial charge in [-0.25, -0.2) is 0 Å². The van der Waals surface area contributed by atoms with Crippen molar-refractivity contribution in [2.75, 3.05) is 5.32 Å². The van der Waals surface area contributed by atoms with Crippen molar-refractivity contribution >= 4 is 17.7 Å². The van der Waals surface area contributed by atoms with E-state index in [9.17, 15) is 4.79 Å². The molecule has 0 radical (unpaired) electrons. The predicted molar refractivity (Wildman–Crippen MR) is 84.1 cm³/mol. The minimum absolute atomic E-state index is 0.201. The molecule has 1 aromatic carbocycles. The van der Waals surface area contributed by atoms with Crippen LogP contribution in [0.5, 0.6) is 0 Å². The van der Waals surface area contributed by atoms with E-state index in [4.69, 9.17) is 4.42 Å². The Morgan fingerprint density at radius 2 is 2.23 bits per heavy atom. The quantitative estimate of drug-likeness (QED) is 0.735. The summed E-state index contributed by atoms with van der Waals surface area (Å²) >= 11 is 0. The van der Waals surface area contributed by atoms with Crippen LogP contribution in [-0.4, -0.2) is 15.7 Å². The third kappa shape index (κ3) is 3.73. The number of hydrogen-bond acceptors (Lipinski definition) is 3. The lowest BCUT2D eigenvalue weighted by atomic mass is 10.2. The molecule has 0 spiro atoms. The van der Waals surface area contributed by atoms with E-state index in [2.05, 4.69) is 10.4 Å². The molecular weight excluding hydrogens is 278 g/mol. The Bertz CT molecular complexity index is 759. The Morgan fingerprint density at radius 1 is 1.27 bits per heavy atom. The first kappa shape index (κ1) is 13.9. The largest absolute Gasteiger partial charge is 0.465 e. The summed E-state index contributed by atoms with van der Waals surface area (Å²) in [4.78, 5) is 11.9. The monoisotopic (exact) mass is 293 g/mol. The van der Waals surface area contributed by atoms with Gasteiger partial charge < -0.3 is 9.73 Å². The lowest BCUT2D eigenvalue weighted by Crippen LogP contribution is -2.08. The van der Waals surface area contributed by atoms with E-state index in [1.807, 2.05) is 41.2 Å². The Balaban J connectivity index is 1.63. The Hall–Kier alpha value is -3.08. The van der Waals surface area contributed by atoms with E-state index in [-0.39, 0.29) is 5.91 Å². The Kier molecular flexibility index (Phi) is 4.15. The molecule has 5 nitrogen and oxygen atoms in total. The van der Waals surface area contributed by atoms with Gasteiger partial charge in [0.05, 0.1) is 12.8 Å². The van der Waals surface area contributed by atoms with E-state index >= 15 is 0 Å². The SMILES string of the molecule is O=C(/C=C/c1ccco1)Nc1cccc(Cn2cccn2)c1. The summed E-state index contributed by atoms with van der Waals surface area (Å²) < 4.78 is 6.97. The second-order valence-corrected chi connectivity index (χ2v) is 4.74. The second kappa shape index (κ2) is 6.58. The number of amides is 1. The summed E-state index contributed by atoms with van der Waals surface area (Å²) in [5.74, 6) is 0.440. The average molecular weight is 293 g/mol. The molecule has 110 valence electrons. The third-order valence-corrected chi connectivity index (χ3v) is 3.04. The molecule has 0 bridgehead atoms. The number of carbonyl (C=O) groups excluding carboxylic acids is 1. The summed E-state index contributed by atoms with van der Waals surface area (Å²) in [6, 6.07) is 13.1. The molecule has 2 aromatic heterocycles. The molecule has 3 aromatic rings. The fraction of sp³-hybridized carbons (Fsp3) is 0.0588. The zero-order chi connectivity index (χ0) is 15.2. The zero-order valence-electron chi connectivity index (χ0n) is 11.8. The summed E-state index contributed by atoms with van der Waals surface area (Å²) in [6.07, 6.45) is 8.28. The number of hydrogen-bond donors (Lipinski definition) is 1. The molecule has 0 saturated heterocycles. The summed E-state index contributed by atoms with van der Waals surface area (Å²) in [7, 11) is 0. The number of benzene rings is 1. The molecule has 22 heavy (non-hydrogen) atoms. The highest BCUT2D eigenvalue weighted by Crippen LogP contribution is 2.12. The highest BCUT2D eigenvalue weighted by atomic mass is 16.3. The molecule has 5 heteroatoms. The number of carbonyl (C=O) groups is 1. The Labute approximate surface area is 127 Å². The van der Waals surface area contributed by atoms with Gasteiger partial charge in [0.2, 0.25) is 5.91 Å². The fourth-order valence-electron chi connectivity index (χ4n) is 2.06. The lowest BCUT2D eigenvalue weighted by Gasteiger charge is -2.06. The first-order valence-corrected chi connectivity index (χ1v) is 6.88. The summed E-state index contributed by atoms with van der Waals surface area (Å²) in [5.41, 5.74) is 1.82. The maximum Gasteiger partial charge on any atom is 0.248 e. The minimum atomic E-state index is -0.201. The first-order valence-electron chi connectivity index (χ1n) is 6.88. The molecule has 0 aliphatic carbocycles. The van der Waals surface area contributed by atoms with Gasteiger partial charge in [0.1, 0.15) is 5.76 Å². The van der Waals surface area contributed by atoms with Crippen LogP contribution in [0.4, 0.5) is 5.69 Å². The van der Waals surface area contributed by atoms with Crippen LogP contribution in [0, 0.1) is 0 Å². The van der Waals surface area contributed by atoms with Crippen molar-refractivity contribution < 1.29 is 9.21 Å². The maximum atomic E-state index is 11.9. The molecule has 2 heterocycles. The number of rotatable bonds is 5. The normalized spacial score (nSPS) is 10.9. The number of nitrogens with zero attached hydrogens (tertiary/aromatic N) is 2. The summed E-state index contributed by atoms with van der Waals surface area (Å²) in [5, 5.41) is 7.00. The van der Waals surface area contributed by atoms with Crippen molar-refractivity contribution in [2.24, 2.45) is 0 Å².